The molecule has 0 saturated heterocycles. The molecule has 0 unspecified atom stereocenters. The van der Waals surface area contributed by atoms with E-state index in [0.29, 0.717) is 0 Å². The van der Waals surface area contributed by atoms with E-state index in [1.54, 1.807) is 0 Å². The molecule has 0 rings (SSSR count). The summed E-state index contributed by atoms with van der Waals surface area (Å²) in [4.78, 5) is 0. The van der Waals surface area contributed by atoms with E-state index < -0.39 is 6.16 Å². The average Bonchev–Trinajstić information content (AvgIpc) is 2.29. The van der Waals surface area contributed by atoms with Crippen molar-refractivity contribution in [3.05, 3.63) is 26.3 Å². The van der Waals surface area contributed by atoms with Gasteiger partial charge in [-0.3, -0.25) is 0 Å². The Morgan fingerprint density at radius 3 is 1.33 bits per heavy atom. The highest BCUT2D eigenvalue weighted by Crippen LogP contribution is 2.04. The van der Waals surface area contributed by atoms with Gasteiger partial charge in [-0.15, -0.1) is 26.3 Å². The second kappa shape index (κ2) is 15.8. The normalized spacial score (nSPS) is 9.33. The van der Waals surface area contributed by atoms with Crippen LogP contribution in [0.4, 0.5) is 0 Å². The molecule has 0 aromatic heterocycles. The molecule has 0 heterocycles. The van der Waals surface area contributed by atoms with Crippen LogP contribution in [0.5, 0.6) is 0 Å². The Morgan fingerprint density at radius 1 is 0.867 bits per heavy atom. The van der Waals surface area contributed by atoms with E-state index in [-0.39, 0.29) is 13.2 Å². The Labute approximate surface area is 92.8 Å². The molecular weight excluding hydrogens is 196 g/mol. The van der Waals surface area contributed by atoms with E-state index in [4.69, 9.17) is 10.2 Å². The fraction of sp³-hybridized carbons (Fsp3) is 0.636. The van der Waals surface area contributed by atoms with Gasteiger partial charge in [0.15, 0.2) is 0 Å². The van der Waals surface area contributed by atoms with Crippen LogP contribution in [0, 0.1) is 0 Å². The zero-order chi connectivity index (χ0) is 12.7. The largest absolute Gasteiger partial charge is 0.407 e. The summed E-state index contributed by atoms with van der Waals surface area (Å²) in [6.07, 6.45) is -0.956. The van der Waals surface area contributed by atoms with Gasteiger partial charge < -0.3 is 19.7 Å². The predicted octanol–water partition coefficient (Wildman–Crippen LogP) is 2.04. The van der Waals surface area contributed by atoms with Gasteiger partial charge in [0.25, 0.3) is 0 Å². The number of hydrogen-bond acceptors (Lipinski definition) is 4. The minimum atomic E-state index is -2.40. The van der Waals surface area contributed by atoms with Crippen LogP contribution in [0.3, 0.4) is 0 Å². The maximum atomic E-state index is 8.89. The molecule has 15 heavy (non-hydrogen) atoms. The van der Waals surface area contributed by atoms with Crippen molar-refractivity contribution in [1.82, 2.24) is 0 Å². The van der Waals surface area contributed by atoms with Crippen molar-refractivity contribution in [3.8, 4) is 0 Å². The van der Waals surface area contributed by atoms with Gasteiger partial charge in [0, 0.05) is 0 Å². The predicted molar refractivity (Wildman–Crippen MR) is 62.2 cm³/mol. The summed E-state index contributed by atoms with van der Waals surface area (Å²) in [7, 11) is 0. The summed E-state index contributed by atoms with van der Waals surface area (Å²) in [5.41, 5.74) is 0. The molecule has 0 aromatic carbocycles. The van der Waals surface area contributed by atoms with Gasteiger partial charge in [0.1, 0.15) is 0 Å². The van der Waals surface area contributed by atoms with E-state index in [1.807, 2.05) is 13.8 Å². The van der Waals surface area contributed by atoms with E-state index in [1.165, 1.54) is 0 Å². The second-order valence-electron chi connectivity index (χ2n) is 2.25. The maximum Gasteiger partial charge on any atom is 0.407 e. The second-order valence-corrected chi connectivity index (χ2v) is 2.25. The van der Waals surface area contributed by atoms with Crippen LogP contribution in [0.25, 0.3) is 0 Å². The standard InChI is InChI=1S/C7H16O4.2C2H4/c1-3-5-10-7(8,9)11-6-4-2;2*1-2/h8-9H,3-6H2,1-2H3;2*1-2H2. The van der Waals surface area contributed by atoms with Gasteiger partial charge in [-0.2, -0.15) is 0 Å². The Kier molecular flexibility index (Phi) is 20.9. The molecular formula is C11H24O4. The maximum absolute atomic E-state index is 8.89. The molecule has 4 nitrogen and oxygen atoms in total. The fourth-order valence-electron chi connectivity index (χ4n) is 0.512. The lowest BCUT2D eigenvalue weighted by molar-refractivity contribution is -0.470. The molecule has 0 atom stereocenters. The third kappa shape index (κ3) is 19.7. The smallest absolute Gasteiger partial charge is 0.319 e. The van der Waals surface area contributed by atoms with Crippen molar-refractivity contribution in [2.75, 3.05) is 13.2 Å². The molecule has 0 saturated carbocycles. The molecule has 0 amide bonds. The van der Waals surface area contributed by atoms with Crippen molar-refractivity contribution in [2.24, 2.45) is 0 Å². The molecule has 0 spiro atoms. The monoisotopic (exact) mass is 220 g/mol. The van der Waals surface area contributed by atoms with Crippen LogP contribution in [0.15, 0.2) is 26.3 Å². The lowest BCUT2D eigenvalue weighted by atomic mass is 10.5. The van der Waals surface area contributed by atoms with Gasteiger partial charge in [-0.05, 0) is 12.8 Å². The summed E-state index contributed by atoms with van der Waals surface area (Å²) in [5, 5.41) is 17.8. The van der Waals surface area contributed by atoms with Gasteiger partial charge in [0.2, 0.25) is 0 Å². The molecule has 0 aliphatic carbocycles. The van der Waals surface area contributed by atoms with Gasteiger partial charge in [-0.25, -0.2) is 0 Å². The summed E-state index contributed by atoms with van der Waals surface area (Å²) >= 11 is 0. The number of aliphatic hydroxyl groups is 2. The first-order chi connectivity index (χ1) is 7.12. The van der Waals surface area contributed by atoms with Crippen molar-refractivity contribution in [3.63, 3.8) is 0 Å². The zero-order valence-corrected chi connectivity index (χ0v) is 9.87. The number of rotatable bonds is 6. The minimum Gasteiger partial charge on any atom is -0.319 e. The molecule has 4 heteroatoms. The summed E-state index contributed by atoms with van der Waals surface area (Å²) in [6.45, 7) is 16.3. The topological polar surface area (TPSA) is 58.9 Å². The Balaban J connectivity index is -0.000000318. The number of ether oxygens (including phenoxy) is 2. The zero-order valence-electron chi connectivity index (χ0n) is 9.87. The summed E-state index contributed by atoms with van der Waals surface area (Å²) < 4.78 is 9.14. The first-order valence-corrected chi connectivity index (χ1v) is 4.85. The van der Waals surface area contributed by atoms with Crippen molar-refractivity contribution >= 4 is 0 Å². The highest BCUT2D eigenvalue weighted by Gasteiger charge is 2.24. The third-order valence-electron chi connectivity index (χ3n) is 0.988. The quantitative estimate of drug-likeness (QED) is 0.531. The summed E-state index contributed by atoms with van der Waals surface area (Å²) in [6, 6.07) is 0. The van der Waals surface area contributed by atoms with Gasteiger partial charge in [-0.1, -0.05) is 13.8 Å². The van der Waals surface area contributed by atoms with Crippen LogP contribution in [-0.4, -0.2) is 29.6 Å². The average molecular weight is 220 g/mol. The molecule has 0 fully saturated rings. The lowest BCUT2D eigenvalue weighted by Crippen LogP contribution is -2.35. The van der Waals surface area contributed by atoms with Crippen LogP contribution < -0.4 is 0 Å². The molecule has 2 N–H and O–H groups in total. The van der Waals surface area contributed by atoms with Crippen LogP contribution >= 0.6 is 0 Å². The van der Waals surface area contributed by atoms with Crippen LogP contribution in [0.1, 0.15) is 26.7 Å². The number of hydrogen-bond donors (Lipinski definition) is 2. The van der Waals surface area contributed by atoms with E-state index in [0.717, 1.165) is 12.8 Å². The first kappa shape index (κ1) is 19.8. The van der Waals surface area contributed by atoms with Crippen molar-refractivity contribution in [2.45, 2.75) is 32.8 Å². The van der Waals surface area contributed by atoms with Gasteiger partial charge in [0.05, 0.1) is 13.2 Å². The third-order valence-corrected chi connectivity index (χ3v) is 0.988. The SMILES string of the molecule is C=C.C=C.CCCOC(O)(O)OCCC. The van der Waals surface area contributed by atoms with Crippen molar-refractivity contribution < 1.29 is 19.7 Å². The Morgan fingerprint density at radius 2 is 1.13 bits per heavy atom. The highest BCUT2D eigenvalue weighted by molar-refractivity contribution is 4.33. The Bertz CT molecular complexity index is 103. The molecule has 0 radical (unpaired) electrons. The van der Waals surface area contributed by atoms with Crippen LogP contribution in [-0.2, 0) is 9.47 Å². The minimum absolute atomic E-state index is 0.275. The van der Waals surface area contributed by atoms with Crippen LogP contribution in [0.2, 0.25) is 0 Å². The summed E-state index contributed by atoms with van der Waals surface area (Å²) in [5.74, 6) is 0. The first-order valence-electron chi connectivity index (χ1n) is 4.85. The van der Waals surface area contributed by atoms with E-state index in [9.17, 15) is 0 Å². The Hall–Kier alpha value is -0.680. The van der Waals surface area contributed by atoms with E-state index >= 15 is 0 Å². The molecule has 92 valence electrons. The van der Waals surface area contributed by atoms with Crippen molar-refractivity contribution in [1.29, 1.82) is 0 Å². The molecule has 0 aliphatic heterocycles. The highest BCUT2D eigenvalue weighted by atomic mass is 16.9. The molecule has 0 aromatic rings. The fourth-order valence-corrected chi connectivity index (χ4v) is 0.512. The lowest BCUT2D eigenvalue weighted by Gasteiger charge is -2.20. The van der Waals surface area contributed by atoms with Gasteiger partial charge >= 0.3 is 6.16 Å². The molecule has 0 aliphatic rings. The van der Waals surface area contributed by atoms with E-state index in [2.05, 4.69) is 35.8 Å². The molecule has 0 bridgehead atoms.